The molecule has 1 aromatic carbocycles. The van der Waals surface area contributed by atoms with Gasteiger partial charge in [-0.1, -0.05) is 0 Å². The first-order valence-corrected chi connectivity index (χ1v) is 5.62. The van der Waals surface area contributed by atoms with Crippen LogP contribution in [0.2, 0.25) is 0 Å². The molecule has 2 N–H and O–H groups in total. The van der Waals surface area contributed by atoms with Gasteiger partial charge in [-0.2, -0.15) is 0 Å². The zero-order chi connectivity index (χ0) is 14.5. The maximum Gasteiger partial charge on any atom is 0.273 e. The van der Waals surface area contributed by atoms with E-state index in [0.29, 0.717) is 17.3 Å². The molecule has 1 heterocycles. The van der Waals surface area contributed by atoms with Crippen LogP contribution in [-0.4, -0.2) is 22.0 Å². The standard InChI is InChI=1S/C12H12N4O4/c1-19-10-3-2-9(16(17)18)4-11(10)20-7-8-5-15-12(13)6-14-8/h2-6H,7H2,1H3,(H2,13,15). The predicted molar refractivity (Wildman–Crippen MR) is 70.4 cm³/mol. The molecule has 20 heavy (non-hydrogen) atoms. The smallest absolute Gasteiger partial charge is 0.273 e. The van der Waals surface area contributed by atoms with E-state index in [1.165, 1.54) is 37.7 Å². The third-order valence-corrected chi connectivity index (χ3v) is 2.46. The van der Waals surface area contributed by atoms with Gasteiger partial charge in [0.15, 0.2) is 11.5 Å². The molecule has 1 aromatic heterocycles. The first-order valence-electron chi connectivity index (χ1n) is 5.62. The highest BCUT2D eigenvalue weighted by Gasteiger charge is 2.12. The molecule has 8 nitrogen and oxygen atoms in total. The molecule has 0 amide bonds. The second-order valence-corrected chi connectivity index (χ2v) is 3.81. The van der Waals surface area contributed by atoms with Crippen molar-refractivity contribution >= 4 is 11.5 Å². The van der Waals surface area contributed by atoms with E-state index in [1.54, 1.807) is 0 Å². The average Bonchev–Trinajstić information content (AvgIpc) is 2.46. The van der Waals surface area contributed by atoms with Crippen LogP contribution in [0.15, 0.2) is 30.6 Å². The van der Waals surface area contributed by atoms with Gasteiger partial charge in [-0.15, -0.1) is 0 Å². The van der Waals surface area contributed by atoms with Crippen LogP contribution in [0.5, 0.6) is 11.5 Å². The molecule has 0 saturated carbocycles. The Kier molecular flexibility index (Phi) is 3.94. The molecule has 8 heteroatoms. The fraction of sp³-hybridized carbons (Fsp3) is 0.167. The summed E-state index contributed by atoms with van der Waals surface area (Å²) in [6, 6.07) is 4.11. The van der Waals surface area contributed by atoms with E-state index in [0.717, 1.165) is 0 Å². The molecule has 0 bridgehead atoms. The van der Waals surface area contributed by atoms with Crippen molar-refractivity contribution in [1.82, 2.24) is 9.97 Å². The molecule has 0 aliphatic carbocycles. The summed E-state index contributed by atoms with van der Waals surface area (Å²) < 4.78 is 10.6. The van der Waals surface area contributed by atoms with Crippen molar-refractivity contribution in [3.63, 3.8) is 0 Å². The van der Waals surface area contributed by atoms with Crippen molar-refractivity contribution < 1.29 is 14.4 Å². The van der Waals surface area contributed by atoms with Gasteiger partial charge in [0.1, 0.15) is 12.4 Å². The minimum Gasteiger partial charge on any atom is -0.493 e. The summed E-state index contributed by atoms with van der Waals surface area (Å²) in [7, 11) is 1.46. The quantitative estimate of drug-likeness (QED) is 0.651. The summed E-state index contributed by atoms with van der Waals surface area (Å²) in [6.45, 7) is 0.102. The number of nitrogen functional groups attached to an aromatic ring is 1. The molecule has 0 saturated heterocycles. The maximum absolute atomic E-state index is 10.7. The van der Waals surface area contributed by atoms with E-state index in [-0.39, 0.29) is 18.0 Å². The Bertz CT molecular complexity index is 615. The first-order chi connectivity index (χ1) is 9.60. The van der Waals surface area contributed by atoms with Gasteiger partial charge < -0.3 is 15.2 Å². The second-order valence-electron chi connectivity index (χ2n) is 3.81. The number of benzene rings is 1. The highest BCUT2D eigenvalue weighted by molar-refractivity contribution is 5.48. The van der Waals surface area contributed by atoms with Crippen molar-refractivity contribution in [3.05, 3.63) is 46.4 Å². The Morgan fingerprint density at radius 1 is 1.30 bits per heavy atom. The average molecular weight is 276 g/mol. The van der Waals surface area contributed by atoms with Crippen LogP contribution < -0.4 is 15.2 Å². The molecule has 0 atom stereocenters. The summed E-state index contributed by atoms with van der Waals surface area (Å²) in [5.41, 5.74) is 5.89. The van der Waals surface area contributed by atoms with E-state index in [4.69, 9.17) is 15.2 Å². The van der Waals surface area contributed by atoms with E-state index >= 15 is 0 Å². The summed E-state index contributed by atoms with van der Waals surface area (Å²) in [4.78, 5) is 18.1. The van der Waals surface area contributed by atoms with Gasteiger partial charge in [-0.05, 0) is 6.07 Å². The number of rotatable bonds is 5. The second kappa shape index (κ2) is 5.83. The first kappa shape index (κ1) is 13.5. The van der Waals surface area contributed by atoms with E-state index < -0.39 is 4.92 Å². The van der Waals surface area contributed by atoms with Gasteiger partial charge >= 0.3 is 0 Å². The number of hydrogen-bond acceptors (Lipinski definition) is 7. The summed E-state index contributed by atoms with van der Waals surface area (Å²) in [6.07, 6.45) is 2.88. The maximum atomic E-state index is 10.7. The predicted octanol–water partition coefficient (Wildman–Crippen LogP) is 1.55. The number of nitrogens with zero attached hydrogens (tertiary/aromatic N) is 3. The monoisotopic (exact) mass is 276 g/mol. The summed E-state index contributed by atoms with van der Waals surface area (Å²) in [5.74, 6) is 0.973. The van der Waals surface area contributed by atoms with Crippen molar-refractivity contribution in [2.45, 2.75) is 6.61 Å². The lowest BCUT2D eigenvalue weighted by molar-refractivity contribution is -0.385. The number of nitrogens with two attached hydrogens (primary N) is 1. The third kappa shape index (κ3) is 3.10. The topological polar surface area (TPSA) is 113 Å². The minimum absolute atomic E-state index is 0.0795. The highest BCUT2D eigenvalue weighted by atomic mass is 16.6. The van der Waals surface area contributed by atoms with Gasteiger partial charge in [0, 0.05) is 6.07 Å². The van der Waals surface area contributed by atoms with Crippen LogP contribution in [0.4, 0.5) is 11.5 Å². The fourth-order valence-electron chi connectivity index (χ4n) is 1.48. The van der Waals surface area contributed by atoms with Crippen LogP contribution in [0.1, 0.15) is 5.69 Å². The molecule has 0 aliphatic rings. The molecule has 0 radical (unpaired) electrons. The van der Waals surface area contributed by atoms with Gasteiger partial charge in [-0.3, -0.25) is 15.1 Å². The zero-order valence-corrected chi connectivity index (χ0v) is 10.6. The number of ether oxygens (including phenoxy) is 2. The SMILES string of the molecule is COc1ccc([N+](=O)[O-])cc1OCc1cnc(N)cn1. The number of non-ortho nitro benzene ring substituents is 1. The lowest BCUT2D eigenvalue weighted by atomic mass is 10.3. The molecule has 2 rings (SSSR count). The van der Waals surface area contributed by atoms with Gasteiger partial charge in [-0.25, -0.2) is 4.98 Å². The van der Waals surface area contributed by atoms with Crippen LogP contribution in [-0.2, 0) is 6.61 Å². The minimum atomic E-state index is -0.505. The lowest BCUT2D eigenvalue weighted by Crippen LogP contribution is -2.02. The number of hydrogen-bond donors (Lipinski definition) is 1. The Balaban J connectivity index is 2.16. The van der Waals surface area contributed by atoms with Crippen molar-refractivity contribution in [3.8, 4) is 11.5 Å². The van der Waals surface area contributed by atoms with Gasteiger partial charge in [0.2, 0.25) is 0 Å². The molecule has 2 aromatic rings. The number of anilines is 1. The number of nitro benzene ring substituents is 1. The molecule has 0 aliphatic heterocycles. The number of methoxy groups -OCH3 is 1. The van der Waals surface area contributed by atoms with Crippen LogP contribution in [0, 0.1) is 10.1 Å². The van der Waals surface area contributed by atoms with Crippen molar-refractivity contribution in [1.29, 1.82) is 0 Å². The lowest BCUT2D eigenvalue weighted by Gasteiger charge is -2.09. The zero-order valence-electron chi connectivity index (χ0n) is 10.6. The normalized spacial score (nSPS) is 10.1. The molecule has 104 valence electrons. The van der Waals surface area contributed by atoms with Crippen molar-refractivity contribution in [2.75, 3.05) is 12.8 Å². The van der Waals surface area contributed by atoms with Gasteiger partial charge in [0.25, 0.3) is 5.69 Å². The highest BCUT2D eigenvalue weighted by Crippen LogP contribution is 2.31. The number of aromatic nitrogens is 2. The molecule has 0 unspecified atom stereocenters. The van der Waals surface area contributed by atoms with E-state index in [9.17, 15) is 10.1 Å². The van der Waals surface area contributed by atoms with Crippen LogP contribution in [0.3, 0.4) is 0 Å². The van der Waals surface area contributed by atoms with E-state index in [2.05, 4.69) is 9.97 Å². The Morgan fingerprint density at radius 3 is 2.70 bits per heavy atom. The summed E-state index contributed by atoms with van der Waals surface area (Å²) >= 11 is 0. The van der Waals surface area contributed by atoms with E-state index in [1.807, 2.05) is 0 Å². The van der Waals surface area contributed by atoms with Crippen molar-refractivity contribution in [2.24, 2.45) is 0 Å². The third-order valence-electron chi connectivity index (χ3n) is 2.46. The fourth-order valence-corrected chi connectivity index (χ4v) is 1.48. The van der Waals surface area contributed by atoms with Crippen LogP contribution >= 0.6 is 0 Å². The molecular weight excluding hydrogens is 264 g/mol. The molecule has 0 fully saturated rings. The molecular formula is C12H12N4O4. The van der Waals surface area contributed by atoms with Gasteiger partial charge in [0.05, 0.1) is 36.2 Å². The summed E-state index contributed by atoms with van der Waals surface area (Å²) in [5, 5.41) is 10.7. The Labute approximate surface area is 114 Å². The largest absolute Gasteiger partial charge is 0.493 e. The molecule has 0 spiro atoms. The number of nitro groups is 1. The Hall–Kier alpha value is -2.90. The van der Waals surface area contributed by atoms with Crippen LogP contribution in [0.25, 0.3) is 0 Å². The Morgan fingerprint density at radius 2 is 2.10 bits per heavy atom.